The molecule has 14 nitrogen and oxygen atoms in total. The predicted molar refractivity (Wildman–Crippen MR) is 115 cm³/mol. The Hall–Kier alpha value is -2.32. The van der Waals surface area contributed by atoms with Gasteiger partial charge in [-0.3, -0.25) is 18.2 Å². The molecule has 0 saturated carbocycles. The Morgan fingerprint density at radius 1 is 0.606 bits per heavy atom. The number of anilines is 2. The zero-order valence-corrected chi connectivity index (χ0v) is 20.1. The van der Waals surface area contributed by atoms with Gasteiger partial charge in [-0.05, 0) is 48.7 Å². The standard InChI is InChI=1S/C8H11NO6S2.C7H9NO6S2/c1-2-5-3-8(17(13,14)15)6(9)4-7(5)16(10,11)12;1-4-2-7(16(12,13)14)5(8)3-6(4)15(9,10)11/h3-4H,2,9H2,1H3,(H,10,11,12)(H,13,14,15);2-3H,8H2,1H3,(H,9,10,11)(H,12,13,14). The number of nitrogens with two attached hydrogens (primary N) is 2. The number of nitrogen functional groups attached to an aromatic ring is 2. The molecule has 0 atom stereocenters. The van der Waals surface area contributed by atoms with Crippen molar-refractivity contribution in [1.82, 2.24) is 0 Å². The maximum absolute atomic E-state index is 11.0. The number of benzene rings is 2. The first-order chi connectivity index (χ1) is 14.6. The average Bonchev–Trinajstić information content (AvgIpc) is 2.60. The maximum atomic E-state index is 11.0. The summed E-state index contributed by atoms with van der Waals surface area (Å²) < 4.78 is 123. The number of rotatable bonds is 5. The van der Waals surface area contributed by atoms with Crippen LogP contribution in [0.5, 0.6) is 0 Å². The van der Waals surface area contributed by atoms with Gasteiger partial charge in [-0.2, -0.15) is 33.7 Å². The highest BCUT2D eigenvalue weighted by molar-refractivity contribution is 7.87. The summed E-state index contributed by atoms with van der Waals surface area (Å²) in [5, 5.41) is 0. The van der Waals surface area contributed by atoms with Crippen molar-refractivity contribution in [2.45, 2.75) is 39.9 Å². The minimum Gasteiger partial charge on any atom is -0.398 e. The summed E-state index contributed by atoms with van der Waals surface area (Å²) >= 11 is 0. The van der Waals surface area contributed by atoms with Crippen LogP contribution in [0.4, 0.5) is 11.4 Å². The first kappa shape index (κ1) is 28.7. The molecule has 0 aliphatic rings. The van der Waals surface area contributed by atoms with Gasteiger partial charge in [0.05, 0.1) is 21.2 Å². The van der Waals surface area contributed by atoms with Crippen molar-refractivity contribution in [3.63, 3.8) is 0 Å². The van der Waals surface area contributed by atoms with Crippen molar-refractivity contribution in [2.24, 2.45) is 0 Å². The third-order valence-corrected chi connectivity index (χ3v) is 7.74. The van der Waals surface area contributed by atoms with Crippen molar-refractivity contribution in [3.8, 4) is 0 Å². The van der Waals surface area contributed by atoms with Gasteiger partial charge in [0.15, 0.2) is 0 Å². The molecule has 0 amide bonds. The van der Waals surface area contributed by atoms with Crippen molar-refractivity contribution in [1.29, 1.82) is 0 Å². The molecule has 0 spiro atoms. The number of aryl methyl sites for hydroxylation is 2. The smallest absolute Gasteiger partial charge is 0.296 e. The third-order valence-electron chi connectivity index (χ3n) is 3.99. The van der Waals surface area contributed by atoms with Gasteiger partial charge in [0.2, 0.25) is 0 Å². The van der Waals surface area contributed by atoms with Crippen LogP contribution in [0.1, 0.15) is 18.1 Å². The van der Waals surface area contributed by atoms with Crippen LogP contribution in [0, 0.1) is 6.92 Å². The van der Waals surface area contributed by atoms with E-state index in [1.54, 1.807) is 6.92 Å². The Morgan fingerprint density at radius 3 is 1.27 bits per heavy atom. The van der Waals surface area contributed by atoms with Gasteiger partial charge in [-0.1, -0.05) is 6.92 Å². The summed E-state index contributed by atoms with van der Waals surface area (Å²) in [4.78, 5) is -2.15. The molecule has 8 N–H and O–H groups in total. The quantitative estimate of drug-likeness (QED) is 0.218. The van der Waals surface area contributed by atoms with Crippen LogP contribution in [0.15, 0.2) is 43.8 Å². The van der Waals surface area contributed by atoms with Crippen LogP contribution >= 0.6 is 0 Å². The molecule has 2 aromatic rings. The van der Waals surface area contributed by atoms with Crippen molar-refractivity contribution in [2.75, 3.05) is 11.5 Å². The molecule has 0 fully saturated rings. The van der Waals surface area contributed by atoms with Crippen LogP contribution in [0.2, 0.25) is 0 Å². The van der Waals surface area contributed by atoms with E-state index in [0.29, 0.717) is 0 Å². The Kier molecular flexibility index (Phi) is 8.27. The second-order valence-corrected chi connectivity index (χ2v) is 12.0. The highest BCUT2D eigenvalue weighted by Gasteiger charge is 2.22. The summed E-state index contributed by atoms with van der Waals surface area (Å²) in [5.74, 6) is 0. The van der Waals surface area contributed by atoms with E-state index in [9.17, 15) is 33.7 Å². The first-order valence-corrected chi connectivity index (χ1v) is 14.1. The molecule has 0 aromatic heterocycles. The molecule has 2 rings (SSSR count). The molecule has 2 aromatic carbocycles. The van der Waals surface area contributed by atoms with E-state index in [-0.39, 0.29) is 17.5 Å². The molecule has 33 heavy (non-hydrogen) atoms. The second-order valence-electron chi connectivity index (χ2n) is 6.41. The van der Waals surface area contributed by atoms with Gasteiger partial charge in [0.1, 0.15) is 9.79 Å². The summed E-state index contributed by atoms with van der Waals surface area (Å²) in [6, 6.07) is 3.37. The molecule has 0 heterocycles. The van der Waals surface area contributed by atoms with Gasteiger partial charge >= 0.3 is 0 Å². The van der Waals surface area contributed by atoms with Crippen molar-refractivity contribution in [3.05, 3.63) is 35.4 Å². The average molecular weight is 549 g/mol. The molecule has 186 valence electrons. The lowest BCUT2D eigenvalue weighted by atomic mass is 10.1. The van der Waals surface area contributed by atoms with Gasteiger partial charge in [0.25, 0.3) is 40.5 Å². The van der Waals surface area contributed by atoms with Gasteiger partial charge in [-0.15, -0.1) is 0 Å². The van der Waals surface area contributed by atoms with Crippen LogP contribution in [-0.4, -0.2) is 51.9 Å². The van der Waals surface area contributed by atoms with E-state index in [1.807, 2.05) is 0 Å². The van der Waals surface area contributed by atoms with E-state index in [2.05, 4.69) is 0 Å². The lowest BCUT2D eigenvalue weighted by Crippen LogP contribution is -2.09. The van der Waals surface area contributed by atoms with E-state index in [1.165, 1.54) is 6.92 Å². The third kappa shape index (κ3) is 7.33. The zero-order valence-electron chi connectivity index (χ0n) is 16.9. The topological polar surface area (TPSA) is 270 Å². The maximum Gasteiger partial charge on any atom is 0.296 e. The van der Waals surface area contributed by atoms with Gasteiger partial charge in [0, 0.05) is 0 Å². The highest BCUT2D eigenvalue weighted by Crippen LogP contribution is 2.27. The lowest BCUT2D eigenvalue weighted by Gasteiger charge is -2.09. The summed E-state index contributed by atoms with van der Waals surface area (Å²) in [5.41, 5.74) is 9.68. The van der Waals surface area contributed by atoms with E-state index in [4.69, 9.17) is 29.7 Å². The summed E-state index contributed by atoms with van der Waals surface area (Å²) in [6.45, 7) is 2.82. The van der Waals surface area contributed by atoms with Crippen LogP contribution < -0.4 is 11.5 Å². The van der Waals surface area contributed by atoms with Gasteiger partial charge in [-0.25, -0.2) is 0 Å². The molecule has 0 aliphatic carbocycles. The number of hydrogen-bond donors (Lipinski definition) is 6. The first-order valence-electron chi connectivity index (χ1n) is 8.33. The molecule has 0 aliphatic heterocycles. The fraction of sp³-hybridized carbons (Fsp3) is 0.200. The molecule has 0 unspecified atom stereocenters. The van der Waals surface area contributed by atoms with Crippen LogP contribution in [0.25, 0.3) is 0 Å². The monoisotopic (exact) mass is 548 g/mol. The predicted octanol–water partition coefficient (Wildman–Crippen LogP) is 0.395. The second kappa shape index (κ2) is 9.50. The number of hydrogen-bond acceptors (Lipinski definition) is 10. The fourth-order valence-corrected chi connectivity index (χ4v) is 5.42. The Bertz CT molecular complexity index is 1450. The molecular formula is C15H20N2O12S4. The Morgan fingerprint density at radius 2 is 0.939 bits per heavy atom. The van der Waals surface area contributed by atoms with Crippen molar-refractivity contribution < 1.29 is 51.9 Å². The normalized spacial score (nSPS) is 12.7. The Balaban J connectivity index is 0.000000331. The Labute approximate surface area is 190 Å². The molecule has 18 heteroatoms. The SMILES string of the molecule is CCc1cc(S(=O)(=O)O)c(N)cc1S(=O)(=O)O.Cc1cc(S(=O)(=O)O)c(N)cc1S(=O)(=O)O. The minimum absolute atomic E-state index is 0.0377. The highest BCUT2D eigenvalue weighted by atomic mass is 32.2. The molecule has 0 saturated heterocycles. The molecular weight excluding hydrogens is 528 g/mol. The van der Waals surface area contributed by atoms with Gasteiger partial charge < -0.3 is 11.5 Å². The van der Waals surface area contributed by atoms with Crippen molar-refractivity contribution >= 4 is 51.8 Å². The summed E-state index contributed by atoms with van der Waals surface area (Å²) in [6.07, 6.45) is 0.151. The van der Waals surface area contributed by atoms with Crippen LogP contribution in [-0.2, 0) is 46.9 Å². The van der Waals surface area contributed by atoms with Crippen LogP contribution in [0.3, 0.4) is 0 Å². The van der Waals surface area contributed by atoms with E-state index < -0.39 is 71.4 Å². The van der Waals surface area contributed by atoms with E-state index in [0.717, 1.165) is 24.3 Å². The molecule has 0 bridgehead atoms. The largest absolute Gasteiger partial charge is 0.398 e. The molecule has 0 radical (unpaired) electrons. The summed E-state index contributed by atoms with van der Waals surface area (Å²) in [7, 11) is -18.0. The fourth-order valence-electron chi connectivity index (χ4n) is 2.54. The lowest BCUT2D eigenvalue weighted by molar-refractivity contribution is 0.478. The zero-order chi connectivity index (χ0) is 26.2. The minimum atomic E-state index is -4.53. The van der Waals surface area contributed by atoms with E-state index >= 15 is 0 Å².